The minimum absolute atomic E-state index is 0.249. The Bertz CT molecular complexity index is 588. The molecular formula is C13H17F3N2O3S. The Kier molecular flexibility index (Phi) is 6.21. The molecule has 0 radical (unpaired) electrons. The van der Waals surface area contributed by atoms with Gasteiger partial charge in [-0.25, -0.2) is 13.2 Å². The molecule has 0 saturated heterocycles. The number of nitrogens with one attached hydrogen (secondary N) is 2. The van der Waals surface area contributed by atoms with Crippen molar-refractivity contribution in [2.75, 3.05) is 18.6 Å². The molecule has 2 amide bonds. The largest absolute Gasteiger partial charge is 0.408 e. The highest BCUT2D eigenvalue weighted by Crippen LogP contribution is 2.23. The first kappa shape index (κ1) is 18.3. The molecule has 0 heterocycles. The smallest absolute Gasteiger partial charge is 0.337 e. The second kappa shape index (κ2) is 7.48. The maximum Gasteiger partial charge on any atom is 0.408 e. The summed E-state index contributed by atoms with van der Waals surface area (Å²) in [6.45, 7) is -0.249. The first-order valence-electron chi connectivity index (χ1n) is 6.40. The number of hydrogen-bond donors (Lipinski definition) is 2. The third-order valence-corrected chi connectivity index (χ3v) is 3.69. The second-order valence-corrected chi connectivity index (χ2v) is 7.07. The molecule has 0 fully saturated rings. The minimum atomic E-state index is -4.61. The van der Waals surface area contributed by atoms with Crippen LogP contribution in [0.4, 0.5) is 18.0 Å². The van der Waals surface area contributed by atoms with Gasteiger partial charge in [-0.1, -0.05) is 30.3 Å². The van der Waals surface area contributed by atoms with Crippen LogP contribution in [0.3, 0.4) is 0 Å². The molecular weight excluding hydrogens is 321 g/mol. The molecule has 0 saturated carbocycles. The predicted molar refractivity (Wildman–Crippen MR) is 76.2 cm³/mol. The Morgan fingerprint density at radius 3 is 2.32 bits per heavy atom. The maximum absolute atomic E-state index is 12.9. The monoisotopic (exact) mass is 338 g/mol. The standard InChI is InChI=1S/C13H17F3N2O3S/c1-22(20,21)8-7-17-12(19)18-11(13(14,15)16)9-10-5-3-2-4-6-10/h2-6,11H,7-9H2,1H3,(H2,17,18,19)/t11-/m1/s1. The summed E-state index contributed by atoms with van der Waals surface area (Å²) in [5, 5.41) is 3.92. The van der Waals surface area contributed by atoms with Gasteiger partial charge in [0.05, 0.1) is 5.75 Å². The van der Waals surface area contributed by atoms with Crippen molar-refractivity contribution in [1.82, 2.24) is 10.6 Å². The van der Waals surface area contributed by atoms with E-state index in [2.05, 4.69) is 5.32 Å². The maximum atomic E-state index is 12.9. The molecule has 9 heteroatoms. The van der Waals surface area contributed by atoms with E-state index in [1.54, 1.807) is 18.2 Å². The lowest BCUT2D eigenvalue weighted by Crippen LogP contribution is -2.51. The lowest BCUT2D eigenvalue weighted by Gasteiger charge is -2.22. The van der Waals surface area contributed by atoms with Crippen LogP contribution in [0.1, 0.15) is 5.56 Å². The van der Waals surface area contributed by atoms with Gasteiger partial charge in [-0.05, 0) is 5.56 Å². The van der Waals surface area contributed by atoms with Gasteiger partial charge in [0.2, 0.25) is 0 Å². The zero-order valence-corrected chi connectivity index (χ0v) is 12.7. The van der Waals surface area contributed by atoms with Crippen molar-refractivity contribution in [3.63, 3.8) is 0 Å². The molecule has 0 aliphatic carbocycles. The van der Waals surface area contributed by atoms with Crippen molar-refractivity contribution in [3.8, 4) is 0 Å². The van der Waals surface area contributed by atoms with Gasteiger partial charge in [0.1, 0.15) is 15.9 Å². The summed E-state index contributed by atoms with van der Waals surface area (Å²) in [5.74, 6) is -0.338. The fourth-order valence-corrected chi connectivity index (χ4v) is 2.13. The van der Waals surface area contributed by atoms with Gasteiger partial charge in [-0.15, -0.1) is 0 Å². The molecule has 0 unspecified atom stereocenters. The number of urea groups is 1. The Morgan fingerprint density at radius 2 is 1.82 bits per heavy atom. The van der Waals surface area contributed by atoms with Crippen molar-refractivity contribution >= 4 is 15.9 Å². The lowest BCUT2D eigenvalue weighted by atomic mass is 10.1. The van der Waals surface area contributed by atoms with Crippen LogP contribution in [-0.2, 0) is 16.3 Å². The zero-order chi connectivity index (χ0) is 16.8. The Morgan fingerprint density at radius 1 is 1.23 bits per heavy atom. The van der Waals surface area contributed by atoms with Gasteiger partial charge in [0, 0.05) is 19.2 Å². The fourth-order valence-electron chi connectivity index (χ4n) is 1.66. The number of carbonyl (C=O) groups excluding carboxylic acids is 1. The zero-order valence-electron chi connectivity index (χ0n) is 11.9. The van der Waals surface area contributed by atoms with Gasteiger partial charge in [0.15, 0.2) is 0 Å². The van der Waals surface area contributed by atoms with Gasteiger partial charge in [-0.2, -0.15) is 13.2 Å². The minimum Gasteiger partial charge on any atom is -0.337 e. The fraction of sp³-hybridized carbons (Fsp3) is 0.462. The van der Waals surface area contributed by atoms with Crippen LogP contribution in [0.5, 0.6) is 0 Å². The normalized spacial score (nSPS) is 13.5. The molecule has 0 aromatic heterocycles. The summed E-state index contributed by atoms with van der Waals surface area (Å²) in [7, 11) is -3.29. The van der Waals surface area contributed by atoms with Crippen molar-refractivity contribution in [2.45, 2.75) is 18.6 Å². The second-order valence-electron chi connectivity index (χ2n) is 4.81. The summed E-state index contributed by atoms with van der Waals surface area (Å²) < 4.78 is 60.6. The third-order valence-electron chi connectivity index (χ3n) is 2.74. The van der Waals surface area contributed by atoms with Crippen LogP contribution in [0.2, 0.25) is 0 Å². The Hall–Kier alpha value is -1.77. The van der Waals surface area contributed by atoms with E-state index in [1.165, 1.54) is 12.1 Å². The highest BCUT2D eigenvalue weighted by Gasteiger charge is 2.40. The summed E-state index contributed by atoms with van der Waals surface area (Å²) in [4.78, 5) is 11.5. The van der Waals surface area contributed by atoms with Crippen molar-refractivity contribution < 1.29 is 26.4 Å². The molecule has 124 valence electrons. The number of halogens is 3. The van der Waals surface area contributed by atoms with E-state index in [9.17, 15) is 26.4 Å². The number of carbonyl (C=O) groups is 1. The molecule has 0 spiro atoms. The Balaban J connectivity index is 2.60. The van der Waals surface area contributed by atoms with E-state index in [-0.39, 0.29) is 12.3 Å². The van der Waals surface area contributed by atoms with Crippen molar-refractivity contribution in [1.29, 1.82) is 0 Å². The van der Waals surface area contributed by atoms with Gasteiger partial charge < -0.3 is 10.6 Å². The average molecular weight is 338 g/mol. The highest BCUT2D eigenvalue weighted by molar-refractivity contribution is 7.90. The highest BCUT2D eigenvalue weighted by atomic mass is 32.2. The number of amides is 2. The predicted octanol–water partition coefficient (Wildman–Crippen LogP) is 1.50. The first-order chi connectivity index (χ1) is 10.1. The van der Waals surface area contributed by atoms with E-state index < -0.39 is 34.5 Å². The van der Waals surface area contributed by atoms with Crippen LogP contribution in [0.25, 0.3) is 0 Å². The molecule has 1 atom stereocenters. The van der Waals surface area contributed by atoms with Crippen LogP contribution < -0.4 is 10.6 Å². The molecule has 0 bridgehead atoms. The van der Waals surface area contributed by atoms with Crippen LogP contribution >= 0.6 is 0 Å². The Labute approximate surface area is 126 Å². The van der Waals surface area contributed by atoms with E-state index in [4.69, 9.17) is 0 Å². The molecule has 1 aromatic carbocycles. The number of sulfone groups is 1. The summed E-state index contributed by atoms with van der Waals surface area (Å²) in [6.07, 6.45) is -4.03. The molecule has 0 aliphatic rings. The molecule has 1 rings (SSSR count). The SMILES string of the molecule is CS(=O)(=O)CCNC(=O)N[C@H](Cc1ccccc1)C(F)(F)F. The van der Waals surface area contributed by atoms with Crippen LogP contribution in [0.15, 0.2) is 30.3 Å². The van der Waals surface area contributed by atoms with E-state index >= 15 is 0 Å². The number of rotatable bonds is 6. The molecule has 0 aliphatic heterocycles. The van der Waals surface area contributed by atoms with Gasteiger partial charge in [0.25, 0.3) is 0 Å². The van der Waals surface area contributed by atoms with E-state index in [0.29, 0.717) is 5.56 Å². The lowest BCUT2D eigenvalue weighted by molar-refractivity contribution is -0.152. The van der Waals surface area contributed by atoms with Crippen LogP contribution in [0, 0.1) is 0 Å². The van der Waals surface area contributed by atoms with Crippen molar-refractivity contribution in [2.24, 2.45) is 0 Å². The first-order valence-corrected chi connectivity index (χ1v) is 8.47. The summed E-state index contributed by atoms with van der Waals surface area (Å²) >= 11 is 0. The summed E-state index contributed by atoms with van der Waals surface area (Å²) in [6, 6.07) is 4.85. The quantitative estimate of drug-likeness (QED) is 0.825. The van der Waals surface area contributed by atoms with Gasteiger partial charge >= 0.3 is 12.2 Å². The average Bonchev–Trinajstić information content (AvgIpc) is 2.36. The van der Waals surface area contributed by atoms with E-state index in [0.717, 1.165) is 6.26 Å². The summed E-state index contributed by atoms with van der Waals surface area (Å²) in [5.41, 5.74) is 0.432. The van der Waals surface area contributed by atoms with Crippen LogP contribution in [-0.4, -0.2) is 45.2 Å². The molecule has 22 heavy (non-hydrogen) atoms. The van der Waals surface area contributed by atoms with E-state index in [1.807, 2.05) is 5.32 Å². The van der Waals surface area contributed by atoms with Crippen molar-refractivity contribution in [3.05, 3.63) is 35.9 Å². The molecule has 2 N–H and O–H groups in total. The third kappa shape index (κ3) is 7.30. The molecule has 1 aromatic rings. The topological polar surface area (TPSA) is 75.3 Å². The molecule has 5 nitrogen and oxygen atoms in total. The number of benzene rings is 1. The number of alkyl halides is 3. The number of hydrogen-bond acceptors (Lipinski definition) is 3. The van der Waals surface area contributed by atoms with Gasteiger partial charge in [-0.3, -0.25) is 0 Å².